The highest BCUT2D eigenvalue weighted by Crippen LogP contribution is 2.42. The van der Waals surface area contributed by atoms with Gasteiger partial charge in [-0.1, -0.05) is 6.07 Å². The van der Waals surface area contributed by atoms with Crippen molar-refractivity contribution in [3.63, 3.8) is 0 Å². The number of rotatable bonds is 5. The summed E-state index contributed by atoms with van der Waals surface area (Å²) in [5.74, 6) is 0.349. The number of amides is 2. The monoisotopic (exact) mass is 498 g/mol. The minimum atomic E-state index is -0.585. The van der Waals surface area contributed by atoms with Crippen LogP contribution in [0.4, 0.5) is 22.5 Å². The van der Waals surface area contributed by atoms with E-state index in [0.717, 1.165) is 39.6 Å². The first-order valence-corrected chi connectivity index (χ1v) is 12.4. The molecule has 0 aliphatic carbocycles. The van der Waals surface area contributed by atoms with Crippen LogP contribution in [0.15, 0.2) is 53.9 Å². The molecule has 182 valence electrons. The van der Waals surface area contributed by atoms with E-state index in [4.69, 9.17) is 0 Å². The number of likely N-dealkylation sites (N-methyl/N-ethyl adjacent to an activating group) is 1. The van der Waals surface area contributed by atoms with Crippen molar-refractivity contribution in [3.05, 3.63) is 76.4 Å². The summed E-state index contributed by atoms with van der Waals surface area (Å²) in [7, 11) is 1.80. The normalized spacial score (nSPS) is 14.0. The number of carbonyl (C=O) groups is 2. The lowest BCUT2D eigenvalue weighted by Gasteiger charge is -2.16. The van der Waals surface area contributed by atoms with Crippen molar-refractivity contribution in [3.8, 4) is 11.3 Å². The van der Waals surface area contributed by atoms with Crippen LogP contribution in [0.1, 0.15) is 41.2 Å². The molecule has 36 heavy (non-hydrogen) atoms. The van der Waals surface area contributed by atoms with Gasteiger partial charge in [-0.25, -0.2) is 15.0 Å². The molecule has 0 fully saturated rings. The van der Waals surface area contributed by atoms with Crippen molar-refractivity contribution in [2.24, 2.45) is 0 Å². The maximum Gasteiger partial charge on any atom is 0.257 e. The van der Waals surface area contributed by atoms with Gasteiger partial charge in [0.05, 0.1) is 11.1 Å². The first kappa shape index (κ1) is 23.6. The zero-order valence-electron chi connectivity index (χ0n) is 20.7. The predicted octanol–water partition coefficient (Wildman–Crippen LogP) is 5.47. The van der Waals surface area contributed by atoms with Crippen LogP contribution in [0.5, 0.6) is 0 Å². The highest BCUT2D eigenvalue weighted by atomic mass is 32.1. The van der Waals surface area contributed by atoms with E-state index < -0.39 is 5.41 Å². The number of hydrogen-bond acceptors (Lipinski definition) is 7. The first-order valence-electron chi connectivity index (χ1n) is 11.5. The van der Waals surface area contributed by atoms with E-state index in [1.807, 2.05) is 69.5 Å². The summed E-state index contributed by atoms with van der Waals surface area (Å²) in [5.41, 5.74) is 6.04. The highest BCUT2D eigenvalue weighted by molar-refractivity contribution is 7.14. The molecular weight excluding hydrogens is 472 g/mol. The molecule has 8 nitrogen and oxygen atoms in total. The van der Waals surface area contributed by atoms with Gasteiger partial charge in [0.25, 0.3) is 5.91 Å². The number of aryl methyl sites for hydroxylation is 2. The molecule has 0 radical (unpaired) electrons. The van der Waals surface area contributed by atoms with Crippen molar-refractivity contribution in [2.45, 2.75) is 33.1 Å². The summed E-state index contributed by atoms with van der Waals surface area (Å²) in [6.07, 6.45) is 0. The molecule has 1 aliphatic heterocycles. The molecule has 5 rings (SSSR count). The van der Waals surface area contributed by atoms with Gasteiger partial charge in [-0.3, -0.25) is 14.9 Å². The first-order chi connectivity index (χ1) is 17.1. The summed E-state index contributed by atoms with van der Waals surface area (Å²) in [6, 6.07) is 14.9. The van der Waals surface area contributed by atoms with Gasteiger partial charge in [-0.15, -0.1) is 11.3 Å². The Kier molecular flexibility index (Phi) is 5.80. The molecule has 0 unspecified atom stereocenters. The average molecular weight is 499 g/mol. The Bertz CT molecular complexity index is 1470. The van der Waals surface area contributed by atoms with Gasteiger partial charge in [0.1, 0.15) is 0 Å². The van der Waals surface area contributed by atoms with Crippen LogP contribution >= 0.6 is 11.3 Å². The van der Waals surface area contributed by atoms with Gasteiger partial charge >= 0.3 is 0 Å². The van der Waals surface area contributed by atoms with Gasteiger partial charge in [0.15, 0.2) is 5.13 Å². The van der Waals surface area contributed by atoms with Crippen LogP contribution in [0, 0.1) is 13.8 Å². The van der Waals surface area contributed by atoms with Gasteiger partial charge in [0, 0.05) is 46.3 Å². The van der Waals surface area contributed by atoms with Crippen molar-refractivity contribution in [2.75, 3.05) is 22.6 Å². The molecule has 2 amide bonds. The third-order valence-electron chi connectivity index (χ3n) is 6.28. The molecule has 2 aromatic carbocycles. The zero-order chi connectivity index (χ0) is 25.6. The minimum absolute atomic E-state index is 0.0728. The van der Waals surface area contributed by atoms with Gasteiger partial charge in [0.2, 0.25) is 11.9 Å². The van der Waals surface area contributed by atoms with Gasteiger partial charge in [-0.05, 0) is 75.7 Å². The molecule has 9 heteroatoms. The van der Waals surface area contributed by atoms with Gasteiger partial charge in [-0.2, -0.15) is 0 Å². The van der Waals surface area contributed by atoms with Crippen LogP contribution in [-0.4, -0.2) is 33.8 Å². The third kappa shape index (κ3) is 4.33. The Labute approximate surface area is 213 Å². The SMILES string of the molecule is Cc1cc(C)nc(Nc2ccc(C(=O)Nc3nc(-c4ccc5c(c4)C(C)(C)C(=O)N5C)cs3)cc2)n1. The fraction of sp³-hybridized carbons (Fsp3) is 0.222. The Morgan fingerprint density at radius 2 is 1.67 bits per heavy atom. The fourth-order valence-corrected chi connectivity index (χ4v) is 5.10. The van der Waals surface area contributed by atoms with E-state index in [9.17, 15) is 9.59 Å². The zero-order valence-corrected chi connectivity index (χ0v) is 21.5. The second-order valence-electron chi connectivity index (χ2n) is 9.39. The molecule has 0 bridgehead atoms. The quantitative estimate of drug-likeness (QED) is 0.379. The Morgan fingerprint density at radius 3 is 2.36 bits per heavy atom. The maximum absolute atomic E-state index is 12.8. The Hall–Kier alpha value is -4.11. The van der Waals surface area contributed by atoms with E-state index in [1.165, 1.54) is 11.3 Å². The molecule has 0 spiro atoms. The van der Waals surface area contributed by atoms with E-state index in [1.54, 1.807) is 24.1 Å². The number of benzene rings is 2. The average Bonchev–Trinajstić information content (AvgIpc) is 3.36. The second kappa shape index (κ2) is 8.83. The molecule has 0 atom stereocenters. The number of hydrogen-bond donors (Lipinski definition) is 2. The van der Waals surface area contributed by atoms with Crippen LogP contribution < -0.4 is 15.5 Å². The maximum atomic E-state index is 12.8. The highest BCUT2D eigenvalue weighted by Gasteiger charge is 2.42. The van der Waals surface area contributed by atoms with E-state index in [2.05, 4.69) is 25.6 Å². The minimum Gasteiger partial charge on any atom is -0.324 e. The van der Waals surface area contributed by atoms with Crippen LogP contribution in [-0.2, 0) is 10.2 Å². The number of carbonyl (C=O) groups excluding carboxylic acids is 2. The number of nitrogens with zero attached hydrogens (tertiary/aromatic N) is 4. The Balaban J connectivity index is 1.28. The lowest BCUT2D eigenvalue weighted by atomic mass is 9.85. The second-order valence-corrected chi connectivity index (χ2v) is 10.2. The van der Waals surface area contributed by atoms with Crippen molar-refractivity contribution in [1.29, 1.82) is 0 Å². The summed E-state index contributed by atoms with van der Waals surface area (Å²) < 4.78 is 0. The summed E-state index contributed by atoms with van der Waals surface area (Å²) in [4.78, 5) is 40.4. The molecule has 1 aliphatic rings. The number of thiazole rings is 1. The molecule has 0 saturated carbocycles. The Morgan fingerprint density at radius 1 is 0.972 bits per heavy atom. The molecule has 4 aromatic rings. The summed E-state index contributed by atoms with van der Waals surface area (Å²) >= 11 is 1.36. The standard InChI is InChI=1S/C27H26N6O2S/c1-15-12-16(2)29-25(28-15)30-19-9-6-17(7-10-19)23(34)32-26-31-21(14-36-26)18-8-11-22-20(13-18)27(3,4)24(35)33(22)5/h6-14H,1-5H3,(H,28,29,30)(H,31,32,34). The number of nitrogens with one attached hydrogen (secondary N) is 2. The lowest BCUT2D eigenvalue weighted by Crippen LogP contribution is -2.33. The van der Waals surface area contributed by atoms with Crippen molar-refractivity contribution >= 4 is 45.6 Å². The van der Waals surface area contributed by atoms with Crippen molar-refractivity contribution in [1.82, 2.24) is 15.0 Å². The van der Waals surface area contributed by atoms with E-state index in [-0.39, 0.29) is 11.8 Å². The van der Waals surface area contributed by atoms with Gasteiger partial charge < -0.3 is 10.2 Å². The van der Waals surface area contributed by atoms with E-state index >= 15 is 0 Å². The molecule has 3 heterocycles. The molecular formula is C27H26N6O2S. The van der Waals surface area contributed by atoms with Crippen molar-refractivity contribution < 1.29 is 9.59 Å². The third-order valence-corrected chi connectivity index (χ3v) is 7.03. The number of anilines is 4. The van der Waals surface area contributed by atoms with Crippen LogP contribution in [0.25, 0.3) is 11.3 Å². The largest absolute Gasteiger partial charge is 0.324 e. The molecule has 2 N–H and O–H groups in total. The summed E-state index contributed by atoms with van der Waals surface area (Å²) in [5, 5.41) is 8.45. The smallest absolute Gasteiger partial charge is 0.257 e. The van der Waals surface area contributed by atoms with Crippen LogP contribution in [0.3, 0.4) is 0 Å². The lowest BCUT2D eigenvalue weighted by molar-refractivity contribution is -0.121. The number of aromatic nitrogens is 3. The predicted molar refractivity (Wildman–Crippen MR) is 143 cm³/mol. The summed E-state index contributed by atoms with van der Waals surface area (Å²) in [6.45, 7) is 7.71. The molecule has 0 saturated heterocycles. The topological polar surface area (TPSA) is 100 Å². The van der Waals surface area contributed by atoms with Crippen LogP contribution in [0.2, 0.25) is 0 Å². The fourth-order valence-electron chi connectivity index (χ4n) is 4.38. The molecule has 2 aromatic heterocycles. The van der Waals surface area contributed by atoms with E-state index in [0.29, 0.717) is 16.6 Å². The number of fused-ring (bicyclic) bond motifs is 1.